The van der Waals surface area contributed by atoms with Gasteiger partial charge in [-0.05, 0) is 37.8 Å². The molecule has 1 aromatic heterocycles. The molecule has 0 aromatic carbocycles. The molecule has 0 unspecified atom stereocenters. The number of rotatable bonds is 5. The van der Waals surface area contributed by atoms with Crippen molar-refractivity contribution in [2.75, 3.05) is 24.5 Å². The van der Waals surface area contributed by atoms with E-state index in [9.17, 15) is 0 Å². The fourth-order valence-electron chi connectivity index (χ4n) is 2.90. The molecule has 1 fully saturated rings. The lowest BCUT2D eigenvalue weighted by atomic mass is 9.78. The first-order valence-electron chi connectivity index (χ1n) is 7.99. The lowest BCUT2D eigenvalue weighted by Gasteiger charge is -2.40. The molecule has 0 bridgehead atoms. The highest BCUT2D eigenvalue weighted by Gasteiger charge is 2.29. The van der Waals surface area contributed by atoms with Gasteiger partial charge in [0.25, 0.3) is 0 Å². The van der Waals surface area contributed by atoms with Crippen molar-refractivity contribution in [1.29, 1.82) is 0 Å². The van der Waals surface area contributed by atoms with Gasteiger partial charge in [-0.2, -0.15) is 0 Å². The predicted molar refractivity (Wildman–Crippen MR) is 86.2 cm³/mol. The molecule has 3 nitrogen and oxygen atoms in total. The van der Waals surface area contributed by atoms with Crippen molar-refractivity contribution in [3.05, 3.63) is 23.5 Å². The SMILES string of the molecule is CCNCc1cnc(C)cc1N1CCC(C)(CC)CC1. The maximum atomic E-state index is 4.47. The Kier molecular flexibility index (Phi) is 5.03. The summed E-state index contributed by atoms with van der Waals surface area (Å²) in [5, 5.41) is 3.42. The van der Waals surface area contributed by atoms with E-state index < -0.39 is 0 Å². The van der Waals surface area contributed by atoms with Crippen molar-refractivity contribution in [2.45, 2.75) is 53.5 Å². The first-order valence-corrected chi connectivity index (χ1v) is 7.99. The number of aromatic nitrogens is 1. The molecule has 1 N–H and O–H groups in total. The molecule has 0 aliphatic carbocycles. The van der Waals surface area contributed by atoms with Crippen LogP contribution in [0.3, 0.4) is 0 Å². The molecular formula is C17H29N3. The molecule has 0 atom stereocenters. The van der Waals surface area contributed by atoms with Crippen molar-refractivity contribution >= 4 is 5.69 Å². The summed E-state index contributed by atoms with van der Waals surface area (Å²) in [6.45, 7) is 13.3. The predicted octanol–water partition coefficient (Wildman–Crippen LogP) is 3.52. The molecule has 0 radical (unpaired) electrons. The van der Waals surface area contributed by atoms with Crippen LogP contribution in [0.4, 0.5) is 5.69 Å². The average molecular weight is 275 g/mol. The summed E-state index contributed by atoms with van der Waals surface area (Å²) < 4.78 is 0. The van der Waals surface area contributed by atoms with E-state index in [0.29, 0.717) is 5.41 Å². The number of nitrogens with zero attached hydrogens (tertiary/aromatic N) is 2. The number of hydrogen-bond acceptors (Lipinski definition) is 3. The van der Waals surface area contributed by atoms with Gasteiger partial charge >= 0.3 is 0 Å². The Balaban J connectivity index is 2.13. The van der Waals surface area contributed by atoms with Gasteiger partial charge in [-0.25, -0.2) is 0 Å². The highest BCUT2D eigenvalue weighted by atomic mass is 15.1. The Morgan fingerprint density at radius 1 is 1.30 bits per heavy atom. The maximum absolute atomic E-state index is 4.47. The normalized spacial score (nSPS) is 18.3. The van der Waals surface area contributed by atoms with Gasteiger partial charge in [0.1, 0.15) is 0 Å². The van der Waals surface area contributed by atoms with Gasteiger partial charge < -0.3 is 10.2 Å². The molecule has 0 saturated carbocycles. The minimum Gasteiger partial charge on any atom is -0.371 e. The Hall–Kier alpha value is -1.09. The van der Waals surface area contributed by atoms with Gasteiger partial charge in [0, 0.05) is 42.8 Å². The zero-order valence-electron chi connectivity index (χ0n) is 13.5. The zero-order valence-corrected chi connectivity index (χ0v) is 13.5. The van der Waals surface area contributed by atoms with Crippen LogP contribution in [-0.2, 0) is 6.54 Å². The minimum absolute atomic E-state index is 0.542. The fourth-order valence-corrected chi connectivity index (χ4v) is 2.90. The summed E-state index contributed by atoms with van der Waals surface area (Å²) in [7, 11) is 0. The molecular weight excluding hydrogens is 246 g/mol. The molecule has 1 aliphatic rings. The number of anilines is 1. The first kappa shape index (κ1) is 15.3. The molecule has 1 saturated heterocycles. The van der Waals surface area contributed by atoms with Crippen LogP contribution in [0.25, 0.3) is 0 Å². The molecule has 2 heterocycles. The highest BCUT2D eigenvalue weighted by molar-refractivity contribution is 5.54. The van der Waals surface area contributed by atoms with Crippen LogP contribution in [0.15, 0.2) is 12.3 Å². The molecule has 0 amide bonds. The van der Waals surface area contributed by atoms with E-state index in [1.165, 1.54) is 43.6 Å². The van der Waals surface area contributed by atoms with Crippen LogP contribution < -0.4 is 10.2 Å². The summed E-state index contributed by atoms with van der Waals surface area (Å²) in [4.78, 5) is 7.02. The Morgan fingerprint density at radius 3 is 2.60 bits per heavy atom. The van der Waals surface area contributed by atoms with Gasteiger partial charge in [-0.3, -0.25) is 4.98 Å². The van der Waals surface area contributed by atoms with Crippen LogP contribution in [0.5, 0.6) is 0 Å². The molecule has 2 rings (SSSR count). The largest absolute Gasteiger partial charge is 0.371 e. The summed E-state index contributed by atoms with van der Waals surface area (Å²) >= 11 is 0. The second-order valence-electron chi connectivity index (χ2n) is 6.39. The van der Waals surface area contributed by atoms with Gasteiger partial charge in [-0.1, -0.05) is 27.2 Å². The monoisotopic (exact) mass is 275 g/mol. The number of piperidine rings is 1. The smallest absolute Gasteiger partial charge is 0.0445 e. The Bertz CT molecular complexity index is 434. The highest BCUT2D eigenvalue weighted by Crippen LogP contribution is 2.36. The second-order valence-corrected chi connectivity index (χ2v) is 6.39. The number of aryl methyl sites for hydroxylation is 1. The Labute approximate surface area is 123 Å². The topological polar surface area (TPSA) is 28.2 Å². The van der Waals surface area contributed by atoms with Crippen LogP contribution in [-0.4, -0.2) is 24.6 Å². The van der Waals surface area contributed by atoms with Crippen molar-refractivity contribution in [3.63, 3.8) is 0 Å². The lowest BCUT2D eigenvalue weighted by Crippen LogP contribution is -2.39. The van der Waals surface area contributed by atoms with Crippen molar-refractivity contribution in [1.82, 2.24) is 10.3 Å². The van der Waals surface area contributed by atoms with E-state index in [1.807, 2.05) is 6.20 Å². The first-order chi connectivity index (χ1) is 9.58. The van der Waals surface area contributed by atoms with Crippen LogP contribution in [0.2, 0.25) is 0 Å². The van der Waals surface area contributed by atoms with Gasteiger partial charge in [-0.15, -0.1) is 0 Å². The van der Waals surface area contributed by atoms with E-state index in [2.05, 4.69) is 49.0 Å². The van der Waals surface area contributed by atoms with Crippen LogP contribution >= 0.6 is 0 Å². The summed E-state index contributed by atoms with van der Waals surface area (Å²) in [6.07, 6.45) is 5.93. The molecule has 0 spiro atoms. The third kappa shape index (κ3) is 3.51. The third-order valence-corrected chi connectivity index (χ3v) is 4.83. The van der Waals surface area contributed by atoms with E-state index in [-0.39, 0.29) is 0 Å². The standard InChI is InChI=1S/C17H29N3/c1-5-17(4)7-9-20(10-8-17)16-11-14(3)19-13-15(16)12-18-6-2/h11,13,18H,5-10,12H2,1-4H3. The average Bonchev–Trinajstić information content (AvgIpc) is 2.47. The second kappa shape index (κ2) is 6.57. The zero-order chi connectivity index (χ0) is 14.6. The molecule has 3 heteroatoms. The van der Waals surface area contributed by atoms with Crippen LogP contribution in [0.1, 0.15) is 51.3 Å². The van der Waals surface area contributed by atoms with Crippen molar-refractivity contribution in [3.8, 4) is 0 Å². The summed E-state index contributed by atoms with van der Waals surface area (Å²) in [5.74, 6) is 0. The van der Waals surface area contributed by atoms with E-state index in [4.69, 9.17) is 0 Å². The van der Waals surface area contributed by atoms with Gasteiger partial charge in [0.05, 0.1) is 0 Å². The number of hydrogen-bond donors (Lipinski definition) is 1. The molecule has 20 heavy (non-hydrogen) atoms. The van der Waals surface area contributed by atoms with Crippen LogP contribution in [0, 0.1) is 12.3 Å². The minimum atomic E-state index is 0.542. The van der Waals surface area contributed by atoms with E-state index >= 15 is 0 Å². The molecule has 112 valence electrons. The summed E-state index contributed by atoms with van der Waals surface area (Å²) in [6, 6.07) is 2.25. The van der Waals surface area contributed by atoms with E-state index in [0.717, 1.165) is 18.8 Å². The quantitative estimate of drug-likeness (QED) is 0.891. The van der Waals surface area contributed by atoms with Gasteiger partial charge in [0.15, 0.2) is 0 Å². The number of nitrogens with one attached hydrogen (secondary N) is 1. The maximum Gasteiger partial charge on any atom is 0.0445 e. The van der Waals surface area contributed by atoms with Crippen molar-refractivity contribution < 1.29 is 0 Å². The fraction of sp³-hybridized carbons (Fsp3) is 0.706. The van der Waals surface area contributed by atoms with Crippen molar-refractivity contribution in [2.24, 2.45) is 5.41 Å². The molecule has 1 aliphatic heterocycles. The lowest BCUT2D eigenvalue weighted by molar-refractivity contribution is 0.238. The third-order valence-electron chi connectivity index (χ3n) is 4.83. The summed E-state index contributed by atoms with van der Waals surface area (Å²) in [5.41, 5.74) is 4.37. The van der Waals surface area contributed by atoms with Gasteiger partial charge in [0.2, 0.25) is 0 Å². The number of pyridine rings is 1. The Morgan fingerprint density at radius 2 is 2.00 bits per heavy atom. The van der Waals surface area contributed by atoms with E-state index in [1.54, 1.807) is 0 Å². The molecule has 1 aromatic rings.